The van der Waals surface area contributed by atoms with Crippen molar-refractivity contribution in [2.45, 2.75) is 32.7 Å². The van der Waals surface area contributed by atoms with Gasteiger partial charge in [0, 0.05) is 13.0 Å². The molecule has 3 rings (SSSR count). The standard InChI is InChI=1S/C20H24N4O3/c1-2-23(16(25)12-14-8-6-7-9-14)17-18(21)24(20(27)22-19(17)26)13-15-10-4-3-5-11-15/h3-6,8,10-11,14H,2,7,9,12-13,21H2,1H3,(H,22,26,27). The van der Waals surface area contributed by atoms with Gasteiger partial charge in [-0.1, -0.05) is 42.5 Å². The van der Waals surface area contributed by atoms with E-state index in [-0.39, 0.29) is 29.9 Å². The van der Waals surface area contributed by atoms with Crippen LogP contribution in [-0.4, -0.2) is 22.0 Å². The molecule has 0 spiro atoms. The highest BCUT2D eigenvalue weighted by Gasteiger charge is 2.25. The first-order valence-corrected chi connectivity index (χ1v) is 9.14. The Morgan fingerprint density at radius 2 is 2.04 bits per heavy atom. The number of carbonyl (C=O) groups is 1. The number of aromatic amines is 1. The summed E-state index contributed by atoms with van der Waals surface area (Å²) in [5.41, 5.74) is 5.87. The number of hydrogen-bond acceptors (Lipinski definition) is 4. The number of nitrogens with zero attached hydrogens (tertiary/aromatic N) is 2. The van der Waals surface area contributed by atoms with Crippen LogP contribution in [0.15, 0.2) is 52.1 Å². The molecule has 142 valence electrons. The zero-order valence-corrected chi connectivity index (χ0v) is 15.4. The molecule has 0 fully saturated rings. The number of nitrogen functional groups attached to an aromatic ring is 1. The third-order valence-corrected chi connectivity index (χ3v) is 4.83. The van der Waals surface area contributed by atoms with Crippen molar-refractivity contribution >= 4 is 17.4 Å². The fraction of sp³-hybridized carbons (Fsp3) is 0.350. The smallest absolute Gasteiger partial charge is 0.330 e. The molecule has 0 saturated carbocycles. The van der Waals surface area contributed by atoms with Crippen molar-refractivity contribution in [1.29, 1.82) is 0 Å². The van der Waals surface area contributed by atoms with E-state index in [0.29, 0.717) is 13.0 Å². The molecule has 7 nitrogen and oxygen atoms in total. The SMILES string of the molecule is CCN(C(=O)CC1C=CCC1)c1c(N)n(Cc2ccccc2)c(=O)[nH]c1=O. The second-order valence-electron chi connectivity index (χ2n) is 6.67. The number of carbonyl (C=O) groups excluding carboxylic acids is 1. The summed E-state index contributed by atoms with van der Waals surface area (Å²) < 4.78 is 1.29. The Labute approximate surface area is 157 Å². The average Bonchev–Trinajstić information content (AvgIpc) is 3.15. The van der Waals surface area contributed by atoms with Crippen LogP contribution in [0.3, 0.4) is 0 Å². The van der Waals surface area contributed by atoms with Crippen LogP contribution < -0.4 is 21.9 Å². The maximum atomic E-state index is 12.8. The number of allylic oxidation sites excluding steroid dienone is 2. The highest BCUT2D eigenvalue weighted by Crippen LogP contribution is 2.24. The van der Waals surface area contributed by atoms with Crippen LogP contribution in [0.4, 0.5) is 11.5 Å². The van der Waals surface area contributed by atoms with E-state index in [0.717, 1.165) is 18.4 Å². The Morgan fingerprint density at radius 1 is 1.30 bits per heavy atom. The highest BCUT2D eigenvalue weighted by atomic mass is 16.2. The Morgan fingerprint density at radius 3 is 2.67 bits per heavy atom. The number of rotatable bonds is 6. The molecule has 1 heterocycles. The van der Waals surface area contributed by atoms with Gasteiger partial charge in [-0.2, -0.15) is 0 Å². The molecule has 0 radical (unpaired) electrons. The first kappa shape index (κ1) is 18.7. The van der Waals surface area contributed by atoms with Crippen LogP contribution in [-0.2, 0) is 11.3 Å². The first-order valence-electron chi connectivity index (χ1n) is 9.14. The number of aromatic nitrogens is 2. The highest BCUT2D eigenvalue weighted by molar-refractivity contribution is 5.95. The maximum Gasteiger partial charge on any atom is 0.330 e. The molecule has 1 aromatic carbocycles. The molecule has 1 aliphatic rings. The molecule has 1 aliphatic carbocycles. The molecule has 0 bridgehead atoms. The fourth-order valence-electron chi connectivity index (χ4n) is 3.42. The number of hydrogen-bond donors (Lipinski definition) is 2. The Hall–Kier alpha value is -3.09. The summed E-state index contributed by atoms with van der Waals surface area (Å²) in [7, 11) is 0. The minimum absolute atomic E-state index is 0.00441. The molecule has 2 aromatic rings. The maximum absolute atomic E-state index is 12.8. The second kappa shape index (κ2) is 8.07. The van der Waals surface area contributed by atoms with E-state index in [1.54, 1.807) is 6.92 Å². The number of amides is 1. The van der Waals surface area contributed by atoms with Crippen molar-refractivity contribution in [2.24, 2.45) is 5.92 Å². The molecular formula is C20H24N4O3. The van der Waals surface area contributed by atoms with Crippen LogP contribution >= 0.6 is 0 Å². The van der Waals surface area contributed by atoms with Gasteiger partial charge in [0.15, 0.2) is 5.69 Å². The molecule has 0 aliphatic heterocycles. The molecule has 3 N–H and O–H groups in total. The lowest BCUT2D eigenvalue weighted by molar-refractivity contribution is -0.119. The normalized spacial score (nSPS) is 15.8. The zero-order valence-electron chi connectivity index (χ0n) is 15.4. The van der Waals surface area contributed by atoms with E-state index in [1.807, 2.05) is 36.4 Å². The van der Waals surface area contributed by atoms with E-state index >= 15 is 0 Å². The molecular weight excluding hydrogens is 344 g/mol. The monoisotopic (exact) mass is 368 g/mol. The minimum atomic E-state index is -0.640. The van der Waals surface area contributed by atoms with Gasteiger partial charge >= 0.3 is 5.69 Å². The van der Waals surface area contributed by atoms with Gasteiger partial charge in [-0.15, -0.1) is 0 Å². The lowest BCUT2D eigenvalue weighted by Crippen LogP contribution is -2.41. The lowest BCUT2D eigenvalue weighted by atomic mass is 10.0. The predicted molar refractivity (Wildman–Crippen MR) is 106 cm³/mol. The van der Waals surface area contributed by atoms with Crippen molar-refractivity contribution in [3.8, 4) is 0 Å². The number of benzene rings is 1. The number of nitrogens with one attached hydrogen (secondary N) is 1. The summed E-state index contributed by atoms with van der Waals surface area (Å²) in [6.45, 7) is 2.30. The Balaban J connectivity index is 1.96. The van der Waals surface area contributed by atoms with E-state index < -0.39 is 11.2 Å². The van der Waals surface area contributed by atoms with Crippen molar-refractivity contribution in [3.63, 3.8) is 0 Å². The number of H-pyrrole nitrogens is 1. The van der Waals surface area contributed by atoms with Crippen LogP contribution in [0.5, 0.6) is 0 Å². The van der Waals surface area contributed by atoms with Gasteiger partial charge < -0.3 is 10.6 Å². The van der Waals surface area contributed by atoms with E-state index in [4.69, 9.17) is 5.73 Å². The Kier molecular flexibility index (Phi) is 5.59. The first-order chi connectivity index (χ1) is 13.0. The summed E-state index contributed by atoms with van der Waals surface area (Å²) in [4.78, 5) is 41.2. The predicted octanol–water partition coefficient (Wildman–Crippen LogP) is 1.88. The quantitative estimate of drug-likeness (QED) is 0.760. The molecule has 1 amide bonds. The van der Waals surface area contributed by atoms with Gasteiger partial charge in [0.2, 0.25) is 5.91 Å². The third kappa shape index (κ3) is 4.02. The zero-order chi connectivity index (χ0) is 19.4. The van der Waals surface area contributed by atoms with Gasteiger partial charge in [-0.05, 0) is 31.2 Å². The topological polar surface area (TPSA) is 101 Å². The van der Waals surface area contributed by atoms with Crippen molar-refractivity contribution in [1.82, 2.24) is 9.55 Å². The van der Waals surface area contributed by atoms with Gasteiger partial charge in [0.1, 0.15) is 5.82 Å². The van der Waals surface area contributed by atoms with Crippen LogP contribution in [0.1, 0.15) is 31.7 Å². The molecule has 7 heteroatoms. The number of nitrogens with two attached hydrogens (primary N) is 1. The van der Waals surface area contributed by atoms with E-state index in [9.17, 15) is 14.4 Å². The summed E-state index contributed by atoms with van der Waals surface area (Å²) in [5.74, 6) is 0.0167. The summed E-state index contributed by atoms with van der Waals surface area (Å²) in [6.07, 6.45) is 6.32. The van der Waals surface area contributed by atoms with Gasteiger partial charge in [-0.3, -0.25) is 19.1 Å². The number of anilines is 2. The van der Waals surface area contributed by atoms with Crippen LogP contribution in [0.25, 0.3) is 0 Å². The van der Waals surface area contributed by atoms with Gasteiger partial charge in [-0.25, -0.2) is 4.79 Å². The third-order valence-electron chi connectivity index (χ3n) is 4.83. The van der Waals surface area contributed by atoms with Crippen molar-refractivity contribution in [2.75, 3.05) is 17.2 Å². The molecule has 1 unspecified atom stereocenters. The van der Waals surface area contributed by atoms with E-state index in [1.165, 1.54) is 9.47 Å². The second-order valence-corrected chi connectivity index (χ2v) is 6.67. The van der Waals surface area contributed by atoms with Crippen LogP contribution in [0.2, 0.25) is 0 Å². The Bertz CT molecular complexity index is 959. The van der Waals surface area contributed by atoms with E-state index in [2.05, 4.69) is 11.1 Å². The minimum Gasteiger partial charge on any atom is -0.383 e. The largest absolute Gasteiger partial charge is 0.383 e. The summed E-state index contributed by atoms with van der Waals surface area (Å²) in [5, 5.41) is 0. The van der Waals surface area contributed by atoms with Gasteiger partial charge in [0.25, 0.3) is 5.56 Å². The molecule has 1 atom stereocenters. The molecule has 1 aromatic heterocycles. The summed E-state index contributed by atoms with van der Waals surface area (Å²) in [6, 6.07) is 9.33. The lowest BCUT2D eigenvalue weighted by Gasteiger charge is -2.24. The fourth-order valence-corrected chi connectivity index (χ4v) is 3.42. The average molecular weight is 368 g/mol. The molecule has 27 heavy (non-hydrogen) atoms. The van der Waals surface area contributed by atoms with Crippen molar-refractivity contribution < 1.29 is 4.79 Å². The molecule has 0 saturated heterocycles. The van der Waals surface area contributed by atoms with Gasteiger partial charge in [0.05, 0.1) is 6.54 Å². The van der Waals surface area contributed by atoms with Crippen LogP contribution in [0, 0.1) is 5.92 Å². The van der Waals surface area contributed by atoms with Crippen molar-refractivity contribution in [3.05, 3.63) is 68.9 Å². The summed E-state index contributed by atoms with van der Waals surface area (Å²) >= 11 is 0.